The van der Waals surface area contributed by atoms with E-state index < -0.39 is 0 Å². The molecule has 5 heteroatoms. The lowest BCUT2D eigenvalue weighted by Gasteiger charge is -2.07. The van der Waals surface area contributed by atoms with Crippen LogP contribution >= 0.6 is 0 Å². The molecule has 96 valence electrons. The molecule has 0 bridgehead atoms. The van der Waals surface area contributed by atoms with Crippen LogP contribution in [0.15, 0.2) is 36.5 Å². The lowest BCUT2D eigenvalue weighted by Crippen LogP contribution is -2.10. The first-order valence-electron chi connectivity index (χ1n) is 6.26. The predicted octanol–water partition coefficient (Wildman–Crippen LogP) is 1.63. The Bertz CT molecular complexity index is 717. The molecule has 2 N–H and O–H groups in total. The highest BCUT2D eigenvalue weighted by atomic mass is 15.1. The van der Waals surface area contributed by atoms with Gasteiger partial charge < -0.3 is 5.73 Å². The van der Waals surface area contributed by atoms with Crippen LogP contribution in [0.25, 0.3) is 16.9 Å². The zero-order valence-corrected chi connectivity index (χ0v) is 10.7. The molecule has 0 spiro atoms. The fraction of sp³-hybridized carbons (Fsp3) is 0.214. The van der Waals surface area contributed by atoms with Crippen LogP contribution in [0.5, 0.6) is 0 Å². The molecule has 0 unspecified atom stereocenters. The maximum atomic E-state index is 5.67. The van der Waals surface area contributed by atoms with Gasteiger partial charge in [-0.1, -0.05) is 12.1 Å². The van der Waals surface area contributed by atoms with Crippen molar-refractivity contribution >= 4 is 11.0 Å². The molecule has 0 aliphatic carbocycles. The summed E-state index contributed by atoms with van der Waals surface area (Å²) in [4.78, 5) is 13.2. The second-order valence-corrected chi connectivity index (χ2v) is 4.35. The van der Waals surface area contributed by atoms with Crippen LogP contribution in [-0.2, 0) is 6.42 Å². The van der Waals surface area contributed by atoms with Gasteiger partial charge in [-0.25, -0.2) is 15.0 Å². The van der Waals surface area contributed by atoms with Gasteiger partial charge in [0.1, 0.15) is 17.5 Å². The molecular weight excluding hydrogens is 238 g/mol. The third kappa shape index (κ3) is 2.08. The van der Waals surface area contributed by atoms with E-state index in [0.29, 0.717) is 6.54 Å². The zero-order valence-electron chi connectivity index (χ0n) is 10.7. The standard InChI is InChI=1S/C14H15N5/c1-10-16-9-7-14(17-10)19-12-5-3-2-4-11(12)18-13(19)6-8-15/h2-5,7,9H,6,8,15H2,1H3. The molecule has 3 aromatic rings. The molecule has 2 aromatic heterocycles. The molecular formula is C14H15N5. The number of imidazole rings is 1. The van der Waals surface area contributed by atoms with Crippen LogP contribution in [-0.4, -0.2) is 26.1 Å². The Morgan fingerprint density at radius 2 is 2.00 bits per heavy atom. The number of hydrogen-bond acceptors (Lipinski definition) is 4. The summed E-state index contributed by atoms with van der Waals surface area (Å²) in [5, 5.41) is 0. The number of aromatic nitrogens is 4. The maximum absolute atomic E-state index is 5.67. The summed E-state index contributed by atoms with van der Waals surface area (Å²) in [5.74, 6) is 2.51. The minimum Gasteiger partial charge on any atom is -0.330 e. The monoisotopic (exact) mass is 253 g/mol. The van der Waals surface area contributed by atoms with Crippen molar-refractivity contribution in [3.63, 3.8) is 0 Å². The number of benzene rings is 1. The molecule has 0 aliphatic rings. The molecule has 0 fully saturated rings. The molecule has 5 nitrogen and oxygen atoms in total. The van der Waals surface area contributed by atoms with Crippen LogP contribution < -0.4 is 5.73 Å². The van der Waals surface area contributed by atoms with E-state index in [2.05, 4.69) is 19.5 Å². The van der Waals surface area contributed by atoms with Gasteiger partial charge in [0.05, 0.1) is 11.0 Å². The first-order valence-corrected chi connectivity index (χ1v) is 6.26. The first kappa shape index (κ1) is 11.8. The molecule has 0 atom stereocenters. The summed E-state index contributed by atoms with van der Waals surface area (Å²) in [7, 11) is 0. The predicted molar refractivity (Wildman–Crippen MR) is 74.2 cm³/mol. The van der Waals surface area contributed by atoms with Crippen molar-refractivity contribution in [3.05, 3.63) is 48.2 Å². The summed E-state index contributed by atoms with van der Waals surface area (Å²) in [6.45, 7) is 2.44. The lowest BCUT2D eigenvalue weighted by atomic mass is 10.3. The number of para-hydroxylation sites is 2. The molecule has 19 heavy (non-hydrogen) atoms. The van der Waals surface area contributed by atoms with Crippen LogP contribution in [0.4, 0.5) is 0 Å². The average Bonchev–Trinajstić information content (AvgIpc) is 2.77. The molecule has 0 radical (unpaired) electrons. The quantitative estimate of drug-likeness (QED) is 0.770. The average molecular weight is 253 g/mol. The van der Waals surface area contributed by atoms with Gasteiger partial charge in [-0.3, -0.25) is 4.57 Å². The van der Waals surface area contributed by atoms with Gasteiger partial charge in [-0.05, 0) is 31.7 Å². The van der Waals surface area contributed by atoms with Crippen LogP contribution in [0.2, 0.25) is 0 Å². The number of nitrogens with zero attached hydrogens (tertiary/aromatic N) is 4. The highest BCUT2D eigenvalue weighted by Gasteiger charge is 2.12. The van der Waals surface area contributed by atoms with E-state index >= 15 is 0 Å². The molecule has 2 heterocycles. The van der Waals surface area contributed by atoms with E-state index in [1.807, 2.05) is 37.3 Å². The summed E-state index contributed by atoms with van der Waals surface area (Å²) in [6, 6.07) is 9.92. The highest BCUT2D eigenvalue weighted by molar-refractivity contribution is 5.77. The smallest absolute Gasteiger partial charge is 0.142 e. The summed E-state index contributed by atoms with van der Waals surface area (Å²) in [6.07, 6.45) is 2.48. The second-order valence-electron chi connectivity index (χ2n) is 4.35. The topological polar surface area (TPSA) is 69.6 Å². The molecule has 0 saturated heterocycles. The van der Waals surface area contributed by atoms with Crippen molar-refractivity contribution in [2.75, 3.05) is 6.54 Å². The Kier molecular flexibility index (Phi) is 2.97. The minimum atomic E-state index is 0.563. The third-order valence-electron chi connectivity index (χ3n) is 2.99. The number of rotatable bonds is 3. The molecule has 0 saturated carbocycles. The minimum absolute atomic E-state index is 0.563. The molecule has 0 amide bonds. The van der Waals surface area contributed by atoms with E-state index in [9.17, 15) is 0 Å². The summed E-state index contributed by atoms with van der Waals surface area (Å²) in [5.41, 5.74) is 7.68. The normalized spacial score (nSPS) is 11.1. The molecule has 1 aromatic carbocycles. The Hall–Kier alpha value is -2.27. The van der Waals surface area contributed by atoms with Crippen molar-refractivity contribution in [2.24, 2.45) is 5.73 Å². The van der Waals surface area contributed by atoms with Crippen molar-refractivity contribution < 1.29 is 0 Å². The molecule has 0 aliphatic heterocycles. The van der Waals surface area contributed by atoms with Gasteiger partial charge in [-0.15, -0.1) is 0 Å². The van der Waals surface area contributed by atoms with Crippen LogP contribution in [0.3, 0.4) is 0 Å². The van der Waals surface area contributed by atoms with E-state index in [1.54, 1.807) is 6.20 Å². The number of aryl methyl sites for hydroxylation is 1. The SMILES string of the molecule is Cc1nccc(-n2c(CCN)nc3ccccc32)n1. The lowest BCUT2D eigenvalue weighted by molar-refractivity contribution is 0.826. The number of hydrogen-bond donors (Lipinski definition) is 1. The number of nitrogens with two attached hydrogens (primary N) is 1. The second kappa shape index (κ2) is 4.78. The molecule has 3 rings (SSSR count). The van der Waals surface area contributed by atoms with E-state index in [-0.39, 0.29) is 0 Å². The van der Waals surface area contributed by atoms with Gasteiger partial charge in [0, 0.05) is 12.6 Å². The van der Waals surface area contributed by atoms with E-state index in [0.717, 1.165) is 34.9 Å². The largest absolute Gasteiger partial charge is 0.330 e. The van der Waals surface area contributed by atoms with Gasteiger partial charge in [-0.2, -0.15) is 0 Å². The zero-order chi connectivity index (χ0) is 13.2. The number of fused-ring (bicyclic) bond motifs is 1. The van der Waals surface area contributed by atoms with Gasteiger partial charge >= 0.3 is 0 Å². The Balaban J connectivity index is 2.28. The highest BCUT2D eigenvalue weighted by Crippen LogP contribution is 2.20. The Labute approximate surface area is 111 Å². The Morgan fingerprint density at radius 3 is 2.79 bits per heavy atom. The first-order chi connectivity index (χ1) is 9.29. The van der Waals surface area contributed by atoms with Gasteiger partial charge in [0.2, 0.25) is 0 Å². The van der Waals surface area contributed by atoms with Crippen molar-refractivity contribution in [3.8, 4) is 5.82 Å². The van der Waals surface area contributed by atoms with E-state index in [4.69, 9.17) is 5.73 Å². The fourth-order valence-electron chi connectivity index (χ4n) is 2.20. The summed E-state index contributed by atoms with van der Waals surface area (Å²) < 4.78 is 2.05. The third-order valence-corrected chi connectivity index (χ3v) is 2.99. The van der Waals surface area contributed by atoms with Crippen molar-refractivity contribution in [1.82, 2.24) is 19.5 Å². The maximum Gasteiger partial charge on any atom is 0.142 e. The van der Waals surface area contributed by atoms with Gasteiger partial charge in [0.15, 0.2) is 0 Å². The summed E-state index contributed by atoms with van der Waals surface area (Å²) >= 11 is 0. The van der Waals surface area contributed by atoms with E-state index in [1.165, 1.54) is 0 Å². The van der Waals surface area contributed by atoms with Crippen LogP contribution in [0.1, 0.15) is 11.6 Å². The van der Waals surface area contributed by atoms with Gasteiger partial charge in [0.25, 0.3) is 0 Å². The van der Waals surface area contributed by atoms with Crippen molar-refractivity contribution in [2.45, 2.75) is 13.3 Å². The van der Waals surface area contributed by atoms with Crippen LogP contribution in [0, 0.1) is 6.92 Å². The fourth-order valence-corrected chi connectivity index (χ4v) is 2.20. The Morgan fingerprint density at radius 1 is 1.16 bits per heavy atom. The van der Waals surface area contributed by atoms with Crippen molar-refractivity contribution in [1.29, 1.82) is 0 Å².